The number of rotatable bonds is 2. The first-order valence-corrected chi connectivity index (χ1v) is 4.13. The van der Waals surface area contributed by atoms with Crippen LogP contribution in [0.5, 0.6) is 0 Å². The Morgan fingerprint density at radius 3 is 2.00 bits per heavy atom. The molecule has 1 rings (SSSR count). The molecule has 1 aromatic carbocycles. The molecule has 1 atom stereocenters. The van der Waals surface area contributed by atoms with Crippen molar-refractivity contribution in [3.63, 3.8) is 0 Å². The fourth-order valence-corrected chi connectivity index (χ4v) is 1.10. The Balaban J connectivity index is 2.86. The van der Waals surface area contributed by atoms with Crippen molar-refractivity contribution in [3.05, 3.63) is 35.9 Å². The second-order valence-corrected chi connectivity index (χ2v) is 3.97. The third-order valence-electron chi connectivity index (χ3n) is 1.98. The molecule has 66 valence electrons. The van der Waals surface area contributed by atoms with Gasteiger partial charge < -0.3 is 4.48 Å². The van der Waals surface area contributed by atoms with E-state index in [4.69, 9.17) is 5.73 Å². The minimum absolute atomic E-state index is 0.0613. The predicted octanol–water partition coefficient (Wildman–Crippen LogP) is 1.35. The van der Waals surface area contributed by atoms with E-state index < -0.39 is 0 Å². The number of quaternary nitrogens is 1. The molecule has 0 aliphatic rings. The zero-order valence-corrected chi connectivity index (χ0v) is 7.99. The number of hydrogen-bond acceptors (Lipinski definition) is 1. The molecular formula is C10H17N2+. The summed E-state index contributed by atoms with van der Waals surface area (Å²) in [6.07, 6.45) is 0.0613. The van der Waals surface area contributed by atoms with Gasteiger partial charge in [0.15, 0.2) is 6.17 Å². The van der Waals surface area contributed by atoms with Gasteiger partial charge in [-0.2, -0.15) is 0 Å². The summed E-state index contributed by atoms with van der Waals surface area (Å²) in [6.45, 7) is 0. The van der Waals surface area contributed by atoms with Gasteiger partial charge in [0.05, 0.1) is 21.1 Å². The maximum absolute atomic E-state index is 6.04. The van der Waals surface area contributed by atoms with Gasteiger partial charge >= 0.3 is 0 Å². The minimum atomic E-state index is 0.0613. The van der Waals surface area contributed by atoms with Crippen LogP contribution in [-0.2, 0) is 0 Å². The summed E-state index contributed by atoms with van der Waals surface area (Å²) in [5.41, 5.74) is 7.23. The van der Waals surface area contributed by atoms with E-state index in [0.717, 1.165) is 4.48 Å². The summed E-state index contributed by atoms with van der Waals surface area (Å²) in [7, 11) is 6.28. The Morgan fingerprint density at radius 1 is 1.08 bits per heavy atom. The van der Waals surface area contributed by atoms with Crippen molar-refractivity contribution in [3.8, 4) is 0 Å². The monoisotopic (exact) mass is 165 g/mol. The van der Waals surface area contributed by atoms with Crippen molar-refractivity contribution >= 4 is 0 Å². The smallest absolute Gasteiger partial charge is 0.166 e. The molecule has 1 unspecified atom stereocenters. The lowest BCUT2D eigenvalue weighted by Crippen LogP contribution is -2.43. The van der Waals surface area contributed by atoms with Crippen LogP contribution in [0.15, 0.2) is 30.3 Å². The van der Waals surface area contributed by atoms with E-state index in [-0.39, 0.29) is 6.17 Å². The quantitative estimate of drug-likeness (QED) is 0.519. The van der Waals surface area contributed by atoms with Crippen LogP contribution >= 0.6 is 0 Å². The van der Waals surface area contributed by atoms with E-state index in [1.54, 1.807) is 0 Å². The highest BCUT2D eigenvalue weighted by Crippen LogP contribution is 2.16. The maximum atomic E-state index is 6.04. The van der Waals surface area contributed by atoms with E-state index in [0.29, 0.717) is 0 Å². The number of benzene rings is 1. The summed E-state index contributed by atoms with van der Waals surface area (Å²) in [5.74, 6) is 0. The fraction of sp³-hybridized carbons (Fsp3) is 0.400. The molecule has 2 heteroatoms. The summed E-state index contributed by atoms with van der Waals surface area (Å²) in [5, 5.41) is 0. The molecule has 0 amide bonds. The number of hydrogen-bond donors (Lipinski definition) is 1. The molecule has 0 saturated carbocycles. The van der Waals surface area contributed by atoms with Gasteiger partial charge in [-0.3, -0.25) is 5.73 Å². The first-order valence-electron chi connectivity index (χ1n) is 4.13. The lowest BCUT2D eigenvalue weighted by molar-refractivity contribution is -0.902. The number of nitrogens with two attached hydrogens (primary N) is 1. The summed E-state index contributed by atoms with van der Waals surface area (Å²) in [4.78, 5) is 0. The number of nitrogens with zero attached hydrogens (tertiary/aromatic N) is 1. The van der Waals surface area contributed by atoms with Crippen molar-refractivity contribution in [2.24, 2.45) is 5.73 Å². The van der Waals surface area contributed by atoms with Crippen LogP contribution in [0.2, 0.25) is 0 Å². The molecule has 2 nitrogen and oxygen atoms in total. The van der Waals surface area contributed by atoms with Gasteiger partial charge in [0, 0.05) is 5.56 Å². The van der Waals surface area contributed by atoms with Crippen LogP contribution in [0.1, 0.15) is 11.7 Å². The molecule has 0 saturated heterocycles. The normalized spacial score (nSPS) is 14.3. The molecular weight excluding hydrogens is 148 g/mol. The Bertz CT molecular complexity index is 236. The molecule has 12 heavy (non-hydrogen) atoms. The van der Waals surface area contributed by atoms with Crippen molar-refractivity contribution < 1.29 is 4.48 Å². The average molecular weight is 165 g/mol. The van der Waals surface area contributed by atoms with Gasteiger partial charge in [-0.25, -0.2) is 0 Å². The van der Waals surface area contributed by atoms with Gasteiger partial charge in [-0.05, 0) is 0 Å². The van der Waals surface area contributed by atoms with Crippen molar-refractivity contribution in [1.82, 2.24) is 0 Å². The second kappa shape index (κ2) is 3.25. The van der Waals surface area contributed by atoms with Crippen LogP contribution in [0.25, 0.3) is 0 Å². The van der Waals surface area contributed by atoms with Crippen LogP contribution in [0, 0.1) is 0 Å². The summed E-state index contributed by atoms with van der Waals surface area (Å²) < 4.78 is 0.754. The second-order valence-electron chi connectivity index (χ2n) is 3.97. The molecule has 0 spiro atoms. The molecule has 1 aromatic rings. The predicted molar refractivity (Wildman–Crippen MR) is 51.4 cm³/mol. The molecule has 2 N–H and O–H groups in total. The lowest BCUT2D eigenvalue weighted by Gasteiger charge is -2.31. The fourth-order valence-electron chi connectivity index (χ4n) is 1.10. The van der Waals surface area contributed by atoms with Crippen LogP contribution < -0.4 is 5.73 Å². The van der Waals surface area contributed by atoms with Gasteiger partial charge in [-0.1, -0.05) is 30.3 Å². The third-order valence-corrected chi connectivity index (χ3v) is 1.98. The molecule has 0 fully saturated rings. The zero-order valence-electron chi connectivity index (χ0n) is 7.99. The minimum Gasteiger partial charge on any atom is -0.312 e. The van der Waals surface area contributed by atoms with E-state index in [1.165, 1.54) is 5.56 Å². The largest absolute Gasteiger partial charge is 0.312 e. The topological polar surface area (TPSA) is 26.0 Å². The molecule has 0 bridgehead atoms. The van der Waals surface area contributed by atoms with Crippen LogP contribution in [0.4, 0.5) is 0 Å². The lowest BCUT2D eigenvalue weighted by atomic mass is 10.1. The van der Waals surface area contributed by atoms with Crippen LogP contribution in [0.3, 0.4) is 0 Å². The molecule has 0 aliphatic carbocycles. The van der Waals surface area contributed by atoms with Gasteiger partial charge in [-0.15, -0.1) is 0 Å². The molecule has 0 heterocycles. The van der Waals surface area contributed by atoms with Crippen molar-refractivity contribution in [2.75, 3.05) is 21.1 Å². The van der Waals surface area contributed by atoms with Gasteiger partial charge in [0.25, 0.3) is 0 Å². The highest BCUT2D eigenvalue weighted by Gasteiger charge is 2.19. The summed E-state index contributed by atoms with van der Waals surface area (Å²) in [6, 6.07) is 10.2. The van der Waals surface area contributed by atoms with Gasteiger partial charge in [0.1, 0.15) is 0 Å². The van der Waals surface area contributed by atoms with Crippen LogP contribution in [-0.4, -0.2) is 25.6 Å². The standard InChI is InChI=1S/C10H17N2/c1-12(2,3)10(11)9-7-5-4-6-8-9/h4-8,10H,11H2,1-3H3/q+1. The molecule has 0 aliphatic heterocycles. The highest BCUT2D eigenvalue weighted by molar-refractivity contribution is 5.16. The summed E-state index contributed by atoms with van der Waals surface area (Å²) >= 11 is 0. The third kappa shape index (κ3) is 2.06. The van der Waals surface area contributed by atoms with E-state index in [9.17, 15) is 0 Å². The first kappa shape index (κ1) is 9.23. The Labute approximate surface area is 74.2 Å². The molecule has 0 radical (unpaired) electrons. The Hall–Kier alpha value is -0.860. The van der Waals surface area contributed by atoms with E-state index in [2.05, 4.69) is 33.3 Å². The van der Waals surface area contributed by atoms with Gasteiger partial charge in [0.2, 0.25) is 0 Å². The Morgan fingerprint density at radius 2 is 1.58 bits per heavy atom. The molecule has 0 aromatic heterocycles. The maximum Gasteiger partial charge on any atom is 0.166 e. The van der Waals surface area contributed by atoms with Crippen molar-refractivity contribution in [2.45, 2.75) is 6.17 Å². The highest BCUT2D eigenvalue weighted by atomic mass is 15.4. The van der Waals surface area contributed by atoms with Crippen molar-refractivity contribution in [1.29, 1.82) is 0 Å². The van der Waals surface area contributed by atoms with E-state index in [1.807, 2.05) is 18.2 Å². The first-order chi connectivity index (χ1) is 5.52. The average Bonchev–Trinajstić information content (AvgIpc) is 2.03. The Kier molecular flexibility index (Phi) is 2.50. The zero-order chi connectivity index (χ0) is 9.19. The SMILES string of the molecule is C[N+](C)(C)C(N)c1ccccc1. The van der Waals surface area contributed by atoms with E-state index >= 15 is 0 Å².